The number of carbonyl (C=O) groups is 2. The molecule has 1 amide bonds. The summed E-state index contributed by atoms with van der Waals surface area (Å²) in [6.07, 6.45) is 1.80. The number of amides is 1. The van der Waals surface area contributed by atoms with E-state index in [1.807, 2.05) is 17.0 Å². The van der Waals surface area contributed by atoms with Crippen molar-refractivity contribution < 1.29 is 23.5 Å². The minimum atomic E-state index is -0.317. The number of esters is 1. The summed E-state index contributed by atoms with van der Waals surface area (Å²) in [7, 11) is 0. The maximum atomic E-state index is 12.5. The zero-order valence-electron chi connectivity index (χ0n) is 14.7. The summed E-state index contributed by atoms with van der Waals surface area (Å²) in [5.41, 5.74) is 0. The SMILES string of the molecule is CC(=O)OCc1ccc(CN2CCCN(C(=O)C3CCOC3)CC2)o1. The van der Waals surface area contributed by atoms with Crippen LogP contribution >= 0.6 is 0 Å². The molecule has 3 heterocycles. The van der Waals surface area contributed by atoms with Crippen molar-refractivity contribution in [2.75, 3.05) is 39.4 Å². The first-order valence-electron chi connectivity index (χ1n) is 8.91. The average Bonchev–Trinajstić information content (AvgIpc) is 3.22. The highest BCUT2D eigenvalue weighted by atomic mass is 16.5. The molecule has 0 radical (unpaired) electrons. The smallest absolute Gasteiger partial charge is 0.303 e. The Kier molecular flexibility index (Phi) is 6.09. The van der Waals surface area contributed by atoms with E-state index in [0.717, 1.165) is 44.8 Å². The van der Waals surface area contributed by atoms with Crippen LogP contribution in [0.4, 0.5) is 0 Å². The van der Waals surface area contributed by atoms with E-state index in [4.69, 9.17) is 13.9 Å². The maximum Gasteiger partial charge on any atom is 0.303 e. The minimum absolute atomic E-state index is 0.0421. The van der Waals surface area contributed by atoms with E-state index >= 15 is 0 Å². The highest BCUT2D eigenvalue weighted by Crippen LogP contribution is 2.18. The zero-order valence-corrected chi connectivity index (χ0v) is 14.7. The molecule has 0 saturated carbocycles. The normalized spacial score (nSPS) is 22.0. The molecule has 2 saturated heterocycles. The summed E-state index contributed by atoms with van der Waals surface area (Å²) in [6.45, 7) is 6.84. The van der Waals surface area contributed by atoms with E-state index in [1.165, 1.54) is 6.92 Å². The van der Waals surface area contributed by atoms with Gasteiger partial charge in [-0.2, -0.15) is 0 Å². The van der Waals surface area contributed by atoms with E-state index in [0.29, 0.717) is 25.5 Å². The molecule has 0 spiro atoms. The summed E-state index contributed by atoms with van der Waals surface area (Å²) in [5, 5.41) is 0. The van der Waals surface area contributed by atoms with Gasteiger partial charge in [0.2, 0.25) is 5.91 Å². The molecule has 138 valence electrons. The number of nitrogens with zero attached hydrogens (tertiary/aromatic N) is 2. The Balaban J connectivity index is 1.48. The van der Waals surface area contributed by atoms with Gasteiger partial charge in [0.25, 0.3) is 0 Å². The van der Waals surface area contributed by atoms with Crippen LogP contribution in [0.1, 0.15) is 31.3 Å². The van der Waals surface area contributed by atoms with Crippen LogP contribution in [0, 0.1) is 5.92 Å². The fraction of sp³-hybridized carbons (Fsp3) is 0.667. The second-order valence-electron chi connectivity index (χ2n) is 6.66. The van der Waals surface area contributed by atoms with Crippen molar-refractivity contribution in [2.24, 2.45) is 5.92 Å². The van der Waals surface area contributed by atoms with Crippen molar-refractivity contribution in [3.8, 4) is 0 Å². The van der Waals surface area contributed by atoms with Gasteiger partial charge in [-0.05, 0) is 25.0 Å². The summed E-state index contributed by atoms with van der Waals surface area (Å²) >= 11 is 0. The Morgan fingerprint density at radius 2 is 2.04 bits per heavy atom. The highest BCUT2D eigenvalue weighted by molar-refractivity contribution is 5.79. The molecule has 25 heavy (non-hydrogen) atoms. The molecule has 7 nitrogen and oxygen atoms in total. The molecule has 1 aromatic rings. The second kappa shape index (κ2) is 8.49. The lowest BCUT2D eigenvalue weighted by Crippen LogP contribution is -2.39. The molecule has 3 rings (SSSR count). The Labute approximate surface area is 147 Å². The lowest BCUT2D eigenvalue weighted by Gasteiger charge is -2.23. The van der Waals surface area contributed by atoms with Crippen LogP contribution in [0.2, 0.25) is 0 Å². The topological polar surface area (TPSA) is 72.2 Å². The molecular weight excluding hydrogens is 324 g/mol. The molecule has 7 heteroatoms. The summed E-state index contributed by atoms with van der Waals surface area (Å²) in [4.78, 5) is 27.6. The predicted octanol–water partition coefficient (Wildman–Crippen LogP) is 1.41. The Morgan fingerprint density at radius 1 is 1.20 bits per heavy atom. The van der Waals surface area contributed by atoms with Crippen LogP contribution < -0.4 is 0 Å². The fourth-order valence-electron chi connectivity index (χ4n) is 3.31. The van der Waals surface area contributed by atoms with Crippen LogP contribution in [0.5, 0.6) is 0 Å². The zero-order chi connectivity index (χ0) is 17.6. The van der Waals surface area contributed by atoms with E-state index in [9.17, 15) is 9.59 Å². The van der Waals surface area contributed by atoms with Gasteiger partial charge >= 0.3 is 5.97 Å². The van der Waals surface area contributed by atoms with Gasteiger partial charge in [0.15, 0.2) is 0 Å². The molecule has 1 unspecified atom stereocenters. The molecule has 0 N–H and O–H groups in total. The van der Waals surface area contributed by atoms with E-state index < -0.39 is 0 Å². The first kappa shape index (κ1) is 17.9. The third-order valence-corrected chi connectivity index (χ3v) is 4.69. The Hall–Kier alpha value is -1.86. The second-order valence-corrected chi connectivity index (χ2v) is 6.66. The van der Waals surface area contributed by atoms with Crippen molar-refractivity contribution in [3.05, 3.63) is 23.7 Å². The van der Waals surface area contributed by atoms with Gasteiger partial charge < -0.3 is 18.8 Å². The molecule has 0 aromatic carbocycles. The van der Waals surface area contributed by atoms with Crippen LogP contribution in [-0.2, 0) is 32.2 Å². The summed E-state index contributed by atoms with van der Waals surface area (Å²) in [5.74, 6) is 1.47. The minimum Gasteiger partial charge on any atom is -0.461 e. The number of furan rings is 1. The van der Waals surface area contributed by atoms with E-state index in [1.54, 1.807) is 0 Å². The van der Waals surface area contributed by atoms with Crippen LogP contribution in [-0.4, -0.2) is 61.1 Å². The van der Waals surface area contributed by atoms with Crippen molar-refractivity contribution in [1.29, 1.82) is 0 Å². The Bertz CT molecular complexity index is 594. The van der Waals surface area contributed by atoms with Crippen LogP contribution in [0.15, 0.2) is 16.5 Å². The summed E-state index contributed by atoms with van der Waals surface area (Å²) < 4.78 is 16.0. The standard InChI is InChI=1S/C18H26N2O5/c1-14(21)24-13-17-4-3-16(25-17)11-19-6-2-7-20(9-8-19)18(22)15-5-10-23-12-15/h3-4,15H,2,5-13H2,1H3. The largest absolute Gasteiger partial charge is 0.461 e. The number of rotatable bonds is 5. The molecule has 2 aliphatic rings. The Morgan fingerprint density at radius 3 is 2.80 bits per heavy atom. The third kappa shape index (κ3) is 5.06. The van der Waals surface area contributed by atoms with Crippen molar-refractivity contribution in [1.82, 2.24) is 9.80 Å². The lowest BCUT2D eigenvalue weighted by atomic mass is 10.1. The summed E-state index contributed by atoms with van der Waals surface area (Å²) in [6, 6.07) is 3.76. The van der Waals surface area contributed by atoms with Gasteiger partial charge in [-0.25, -0.2) is 0 Å². The molecule has 0 aliphatic carbocycles. The van der Waals surface area contributed by atoms with Gasteiger partial charge in [0.05, 0.1) is 19.1 Å². The predicted molar refractivity (Wildman–Crippen MR) is 89.6 cm³/mol. The van der Waals surface area contributed by atoms with Crippen molar-refractivity contribution in [2.45, 2.75) is 32.9 Å². The van der Waals surface area contributed by atoms with Gasteiger partial charge in [0.1, 0.15) is 18.1 Å². The molecule has 2 aliphatic heterocycles. The van der Waals surface area contributed by atoms with Gasteiger partial charge in [-0.1, -0.05) is 0 Å². The number of ether oxygens (including phenoxy) is 2. The third-order valence-electron chi connectivity index (χ3n) is 4.69. The highest BCUT2D eigenvalue weighted by Gasteiger charge is 2.29. The number of hydrogen-bond donors (Lipinski definition) is 0. The van der Waals surface area contributed by atoms with Crippen LogP contribution in [0.3, 0.4) is 0 Å². The van der Waals surface area contributed by atoms with Gasteiger partial charge in [-0.15, -0.1) is 0 Å². The van der Waals surface area contributed by atoms with Gasteiger partial charge in [0, 0.05) is 39.7 Å². The molecular formula is C18H26N2O5. The quantitative estimate of drug-likeness (QED) is 0.748. The number of carbonyl (C=O) groups excluding carboxylic acids is 2. The molecule has 1 aromatic heterocycles. The lowest BCUT2D eigenvalue weighted by molar-refractivity contribution is -0.142. The molecule has 0 bridgehead atoms. The molecule has 2 fully saturated rings. The molecule has 1 atom stereocenters. The monoisotopic (exact) mass is 350 g/mol. The average molecular weight is 350 g/mol. The fourth-order valence-corrected chi connectivity index (χ4v) is 3.31. The van der Waals surface area contributed by atoms with Crippen molar-refractivity contribution in [3.63, 3.8) is 0 Å². The first-order chi connectivity index (χ1) is 12.1. The first-order valence-corrected chi connectivity index (χ1v) is 8.91. The maximum absolute atomic E-state index is 12.5. The van der Waals surface area contributed by atoms with Crippen molar-refractivity contribution >= 4 is 11.9 Å². The van der Waals surface area contributed by atoms with Crippen LogP contribution in [0.25, 0.3) is 0 Å². The number of hydrogen-bond acceptors (Lipinski definition) is 6. The van der Waals surface area contributed by atoms with Gasteiger partial charge in [-0.3, -0.25) is 14.5 Å². The van der Waals surface area contributed by atoms with E-state index in [-0.39, 0.29) is 24.4 Å². The van der Waals surface area contributed by atoms with E-state index in [2.05, 4.69) is 4.90 Å².